The molecule has 0 saturated heterocycles. The molecular weight excluding hydrogens is 127 g/mol. The summed E-state index contributed by atoms with van der Waals surface area (Å²) in [6, 6.07) is 0. The Morgan fingerprint density at radius 2 is 1.88 bits per heavy atom. The number of hydrogen-bond acceptors (Lipinski definition) is 1. The maximum Gasteiger partial charge on any atom is 1.00 e. The fraction of sp³-hybridized carbons (Fsp3) is 1.00. The standard InChI is InChI=1S/C6H14S.Na.H/c1-2-3-4-5-6-7;;/h7H,2-6H2,1H3;;/q;+1;-1. The van der Waals surface area contributed by atoms with E-state index in [1.54, 1.807) is 0 Å². The fourth-order valence-electron chi connectivity index (χ4n) is 0.539. The van der Waals surface area contributed by atoms with Gasteiger partial charge in [-0.25, -0.2) is 0 Å². The fourth-order valence-corrected chi connectivity index (χ4v) is 0.762. The van der Waals surface area contributed by atoms with E-state index in [2.05, 4.69) is 19.6 Å². The summed E-state index contributed by atoms with van der Waals surface area (Å²) in [5, 5.41) is 0. The Bertz CT molecular complexity index is 32.2. The molecule has 0 radical (unpaired) electrons. The molecule has 0 amide bonds. The van der Waals surface area contributed by atoms with Crippen LogP contribution in [0.2, 0.25) is 0 Å². The number of thiol groups is 1. The molecule has 0 bridgehead atoms. The summed E-state index contributed by atoms with van der Waals surface area (Å²) in [5.41, 5.74) is 0. The topological polar surface area (TPSA) is 0 Å². The van der Waals surface area contributed by atoms with Crippen LogP contribution in [-0.4, -0.2) is 5.75 Å². The van der Waals surface area contributed by atoms with Gasteiger partial charge in [-0.1, -0.05) is 26.2 Å². The zero-order valence-corrected chi connectivity index (χ0v) is 8.88. The van der Waals surface area contributed by atoms with Crippen molar-refractivity contribution >= 4 is 12.6 Å². The van der Waals surface area contributed by atoms with Gasteiger partial charge in [0.25, 0.3) is 0 Å². The van der Waals surface area contributed by atoms with Gasteiger partial charge in [-0.3, -0.25) is 0 Å². The van der Waals surface area contributed by atoms with Crippen LogP contribution >= 0.6 is 12.6 Å². The second-order valence-electron chi connectivity index (χ2n) is 1.78. The predicted octanol–water partition coefficient (Wildman–Crippen LogP) is -0.387. The van der Waals surface area contributed by atoms with Gasteiger partial charge >= 0.3 is 29.6 Å². The Morgan fingerprint density at radius 3 is 2.25 bits per heavy atom. The van der Waals surface area contributed by atoms with Crippen molar-refractivity contribution in [3.63, 3.8) is 0 Å². The summed E-state index contributed by atoms with van der Waals surface area (Å²) in [7, 11) is 0. The molecule has 0 atom stereocenters. The Kier molecular flexibility index (Phi) is 16.9. The van der Waals surface area contributed by atoms with Crippen molar-refractivity contribution in [3.8, 4) is 0 Å². The molecule has 0 aromatic rings. The van der Waals surface area contributed by atoms with Crippen molar-refractivity contribution in [2.75, 3.05) is 5.75 Å². The van der Waals surface area contributed by atoms with E-state index in [0.29, 0.717) is 0 Å². The zero-order valence-electron chi connectivity index (χ0n) is 6.98. The molecule has 0 heterocycles. The molecule has 0 aromatic heterocycles. The summed E-state index contributed by atoms with van der Waals surface area (Å²) in [5.74, 6) is 1.06. The quantitative estimate of drug-likeness (QED) is 0.308. The van der Waals surface area contributed by atoms with Crippen LogP contribution in [0.3, 0.4) is 0 Å². The molecule has 0 aromatic carbocycles. The van der Waals surface area contributed by atoms with Crippen LogP contribution in [0.25, 0.3) is 0 Å². The van der Waals surface area contributed by atoms with Crippen LogP contribution in [0.15, 0.2) is 0 Å². The normalized spacial score (nSPS) is 8.25. The van der Waals surface area contributed by atoms with Crippen molar-refractivity contribution in [1.82, 2.24) is 0 Å². The summed E-state index contributed by atoms with van der Waals surface area (Å²) < 4.78 is 0. The molecule has 0 rings (SSSR count). The van der Waals surface area contributed by atoms with Gasteiger partial charge in [0.15, 0.2) is 0 Å². The van der Waals surface area contributed by atoms with Gasteiger partial charge < -0.3 is 1.43 Å². The molecule has 0 aliphatic heterocycles. The third-order valence-corrected chi connectivity index (χ3v) is 1.33. The number of hydrogen-bond donors (Lipinski definition) is 1. The summed E-state index contributed by atoms with van der Waals surface area (Å²) in [6.07, 6.45) is 5.35. The van der Waals surface area contributed by atoms with Gasteiger partial charge in [-0.15, -0.1) is 0 Å². The monoisotopic (exact) mass is 142 g/mol. The Balaban J connectivity index is -0.000000180. The first kappa shape index (κ1) is 12.1. The van der Waals surface area contributed by atoms with Gasteiger partial charge in [0.2, 0.25) is 0 Å². The molecule has 2 heteroatoms. The first-order valence-corrected chi connectivity index (χ1v) is 3.66. The van der Waals surface area contributed by atoms with Crippen LogP contribution in [-0.2, 0) is 0 Å². The second-order valence-corrected chi connectivity index (χ2v) is 2.23. The average Bonchev–Trinajstić information content (AvgIpc) is 1.69. The van der Waals surface area contributed by atoms with Crippen molar-refractivity contribution < 1.29 is 31.0 Å². The third kappa shape index (κ3) is 10.4. The Morgan fingerprint density at radius 1 is 1.25 bits per heavy atom. The van der Waals surface area contributed by atoms with Gasteiger partial charge in [0.05, 0.1) is 0 Å². The Labute approximate surface area is 81.6 Å². The zero-order chi connectivity index (χ0) is 5.54. The van der Waals surface area contributed by atoms with Crippen LogP contribution in [0.4, 0.5) is 0 Å². The van der Waals surface area contributed by atoms with E-state index in [-0.39, 0.29) is 31.0 Å². The van der Waals surface area contributed by atoms with Crippen molar-refractivity contribution in [2.45, 2.75) is 32.6 Å². The van der Waals surface area contributed by atoms with Crippen LogP contribution in [0.1, 0.15) is 34.0 Å². The van der Waals surface area contributed by atoms with Crippen LogP contribution in [0.5, 0.6) is 0 Å². The van der Waals surface area contributed by atoms with E-state index in [0.717, 1.165) is 5.75 Å². The minimum Gasteiger partial charge on any atom is -1.00 e. The molecule has 8 heavy (non-hydrogen) atoms. The molecule has 0 fully saturated rings. The van der Waals surface area contributed by atoms with Gasteiger partial charge in [0.1, 0.15) is 0 Å². The van der Waals surface area contributed by atoms with Gasteiger partial charge in [0, 0.05) is 0 Å². The molecule has 0 saturated carbocycles. The Hall–Kier alpha value is 1.35. The van der Waals surface area contributed by atoms with Crippen molar-refractivity contribution in [2.24, 2.45) is 0 Å². The van der Waals surface area contributed by atoms with E-state index < -0.39 is 0 Å². The minimum absolute atomic E-state index is 0. The maximum absolute atomic E-state index is 4.09. The van der Waals surface area contributed by atoms with Gasteiger partial charge in [-0.2, -0.15) is 12.6 Å². The average molecular weight is 142 g/mol. The first-order chi connectivity index (χ1) is 3.41. The second kappa shape index (κ2) is 11.2. The molecule has 0 N–H and O–H groups in total. The smallest absolute Gasteiger partial charge is 1.00 e. The number of rotatable bonds is 4. The summed E-state index contributed by atoms with van der Waals surface area (Å²) in [6.45, 7) is 2.22. The van der Waals surface area contributed by atoms with E-state index in [1.165, 1.54) is 25.7 Å². The molecule has 0 unspecified atom stereocenters. The molecular formula is C6H15NaS. The van der Waals surface area contributed by atoms with Gasteiger partial charge in [-0.05, 0) is 12.2 Å². The van der Waals surface area contributed by atoms with Crippen molar-refractivity contribution in [3.05, 3.63) is 0 Å². The van der Waals surface area contributed by atoms with E-state index in [1.807, 2.05) is 0 Å². The molecule has 0 spiro atoms. The first-order valence-electron chi connectivity index (χ1n) is 3.02. The summed E-state index contributed by atoms with van der Waals surface area (Å²) in [4.78, 5) is 0. The van der Waals surface area contributed by atoms with Crippen molar-refractivity contribution in [1.29, 1.82) is 0 Å². The van der Waals surface area contributed by atoms with Crippen LogP contribution < -0.4 is 29.6 Å². The van der Waals surface area contributed by atoms with E-state index in [4.69, 9.17) is 0 Å². The molecule has 46 valence electrons. The predicted molar refractivity (Wildman–Crippen MR) is 39.1 cm³/mol. The molecule has 0 aliphatic carbocycles. The maximum atomic E-state index is 4.09. The largest absolute Gasteiger partial charge is 1.00 e. The number of unbranched alkanes of at least 4 members (excludes halogenated alkanes) is 3. The molecule has 0 aliphatic rings. The SMILES string of the molecule is CCCCCCS.[H-].[Na+]. The molecule has 0 nitrogen and oxygen atoms in total. The third-order valence-electron chi connectivity index (χ3n) is 1.01. The van der Waals surface area contributed by atoms with Crippen LogP contribution in [0, 0.1) is 0 Å². The van der Waals surface area contributed by atoms with E-state index >= 15 is 0 Å². The minimum atomic E-state index is 0. The van der Waals surface area contributed by atoms with E-state index in [9.17, 15) is 0 Å². The summed E-state index contributed by atoms with van der Waals surface area (Å²) >= 11 is 4.09.